The minimum absolute atomic E-state index is 0.764. The summed E-state index contributed by atoms with van der Waals surface area (Å²) in [7, 11) is 0. The van der Waals surface area contributed by atoms with Crippen molar-refractivity contribution in [2.45, 2.75) is 6.92 Å². The number of hydrogen-bond acceptors (Lipinski definition) is 2. The molecule has 0 spiro atoms. The highest BCUT2D eigenvalue weighted by Crippen LogP contribution is 2.33. The molecule has 3 heteroatoms. The molecule has 0 aliphatic rings. The number of aromatic nitrogens is 2. The summed E-state index contributed by atoms with van der Waals surface area (Å²) in [5.74, 6) is 0. The molecule has 0 atom stereocenters. The van der Waals surface area contributed by atoms with E-state index in [0.29, 0.717) is 0 Å². The largest absolute Gasteiger partial charge is 0.398 e. The number of pyridine rings is 1. The quantitative estimate of drug-likeness (QED) is 0.544. The molecule has 0 aliphatic heterocycles. The van der Waals surface area contributed by atoms with Crippen molar-refractivity contribution in [2.24, 2.45) is 0 Å². The van der Waals surface area contributed by atoms with Gasteiger partial charge in [-0.2, -0.15) is 0 Å². The van der Waals surface area contributed by atoms with Crippen LogP contribution in [-0.2, 0) is 0 Å². The Kier molecular flexibility index (Phi) is 2.48. The molecular formula is C18H15N3. The second-order valence-corrected chi connectivity index (χ2v) is 5.28. The highest BCUT2D eigenvalue weighted by Gasteiger charge is 2.13. The third-order valence-electron chi connectivity index (χ3n) is 3.90. The van der Waals surface area contributed by atoms with Crippen molar-refractivity contribution in [2.75, 3.05) is 5.73 Å². The fourth-order valence-electron chi connectivity index (χ4n) is 2.94. The summed E-state index contributed by atoms with van der Waals surface area (Å²) in [6.45, 7) is 2.07. The van der Waals surface area contributed by atoms with Crippen molar-refractivity contribution in [3.63, 3.8) is 0 Å². The van der Waals surface area contributed by atoms with Crippen molar-refractivity contribution in [3.05, 3.63) is 60.3 Å². The SMILES string of the molecule is Cc1[nH]c2ccccc2c1-c1cc(N)c2ccccc2n1. The van der Waals surface area contributed by atoms with Gasteiger partial charge in [-0.25, -0.2) is 4.98 Å². The Morgan fingerprint density at radius 2 is 1.67 bits per heavy atom. The van der Waals surface area contributed by atoms with Crippen LogP contribution >= 0.6 is 0 Å². The molecule has 0 fully saturated rings. The van der Waals surface area contributed by atoms with Gasteiger partial charge in [0, 0.05) is 33.2 Å². The maximum absolute atomic E-state index is 6.21. The molecule has 4 aromatic rings. The van der Waals surface area contributed by atoms with Crippen molar-refractivity contribution in [3.8, 4) is 11.3 Å². The molecule has 102 valence electrons. The summed E-state index contributed by atoms with van der Waals surface area (Å²) in [5.41, 5.74) is 12.2. The van der Waals surface area contributed by atoms with Crippen molar-refractivity contribution < 1.29 is 0 Å². The molecule has 0 saturated carbocycles. The van der Waals surface area contributed by atoms with Crippen molar-refractivity contribution in [1.82, 2.24) is 9.97 Å². The zero-order valence-electron chi connectivity index (χ0n) is 11.7. The van der Waals surface area contributed by atoms with Gasteiger partial charge in [-0.15, -0.1) is 0 Å². The molecule has 3 N–H and O–H groups in total. The van der Waals surface area contributed by atoms with Crippen LogP contribution in [0.1, 0.15) is 5.69 Å². The van der Waals surface area contributed by atoms with E-state index in [1.165, 1.54) is 5.39 Å². The minimum atomic E-state index is 0.764. The number of fused-ring (bicyclic) bond motifs is 2. The van der Waals surface area contributed by atoms with Crippen LogP contribution in [0.3, 0.4) is 0 Å². The number of rotatable bonds is 1. The standard InChI is InChI=1S/C18H15N3/c1-11-18(13-7-3-5-9-16(13)20-11)17-10-14(19)12-6-2-4-8-15(12)21-17/h2-10,20H,1H3,(H2,19,21). The summed E-state index contributed by atoms with van der Waals surface area (Å²) in [5, 5.41) is 2.18. The molecule has 2 aromatic heterocycles. The molecule has 0 saturated heterocycles. The van der Waals surface area contributed by atoms with Gasteiger partial charge in [-0.1, -0.05) is 36.4 Å². The van der Waals surface area contributed by atoms with E-state index in [0.717, 1.165) is 39.1 Å². The fraction of sp³-hybridized carbons (Fsp3) is 0.0556. The van der Waals surface area contributed by atoms with Gasteiger partial charge in [0.15, 0.2) is 0 Å². The lowest BCUT2D eigenvalue weighted by Crippen LogP contribution is -1.93. The minimum Gasteiger partial charge on any atom is -0.398 e. The predicted octanol–water partition coefficient (Wildman–Crippen LogP) is 4.27. The summed E-state index contributed by atoms with van der Waals surface area (Å²) >= 11 is 0. The zero-order valence-corrected chi connectivity index (χ0v) is 11.7. The van der Waals surface area contributed by atoms with E-state index in [9.17, 15) is 0 Å². The maximum atomic E-state index is 6.21. The number of nitrogens with two attached hydrogens (primary N) is 1. The van der Waals surface area contributed by atoms with Crippen LogP contribution in [0.4, 0.5) is 5.69 Å². The predicted molar refractivity (Wildman–Crippen MR) is 88.2 cm³/mol. The van der Waals surface area contributed by atoms with E-state index in [1.54, 1.807) is 0 Å². The normalized spacial score (nSPS) is 11.3. The molecule has 3 nitrogen and oxygen atoms in total. The first kappa shape index (κ1) is 12.0. The van der Waals surface area contributed by atoms with Crippen LogP contribution < -0.4 is 5.73 Å². The van der Waals surface area contributed by atoms with Gasteiger partial charge in [0.2, 0.25) is 0 Å². The topological polar surface area (TPSA) is 54.7 Å². The number of aryl methyl sites for hydroxylation is 1. The van der Waals surface area contributed by atoms with Gasteiger partial charge in [-0.3, -0.25) is 0 Å². The maximum Gasteiger partial charge on any atom is 0.0754 e. The van der Waals surface area contributed by atoms with Crippen LogP contribution in [0, 0.1) is 6.92 Å². The summed E-state index contributed by atoms with van der Waals surface area (Å²) in [6.07, 6.45) is 0. The third-order valence-corrected chi connectivity index (χ3v) is 3.90. The van der Waals surface area contributed by atoms with Crippen LogP contribution in [0.15, 0.2) is 54.6 Å². The van der Waals surface area contributed by atoms with E-state index < -0.39 is 0 Å². The molecule has 0 radical (unpaired) electrons. The summed E-state index contributed by atoms with van der Waals surface area (Å²) in [4.78, 5) is 8.20. The van der Waals surface area contributed by atoms with Crippen molar-refractivity contribution >= 4 is 27.5 Å². The highest BCUT2D eigenvalue weighted by molar-refractivity contribution is 6.00. The van der Waals surface area contributed by atoms with Gasteiger partial charge in [0.25, 0.3) is 0 Å². The molecule has 2 heterocycles. The molecule has 2 aromatic carbocycles. The molecule has 4 rings (SSSR count). The van der Waals surface area contributed by atoms with E-state index >= 15 is 0 Å². The number of nitrogen functional groups attached to an aromatic ring is 1. The lowest BCUT2D eigenvalue weighted by Gasteiger charge is -2.07. The average molecular weight is 273 g/mol. The zero-order chi connectivity index (χ0) is 14.4. The van der Waals surface area contributed by atoms with Crippen LogP contribution in [0.25, 0.3) is 33.1 Å². The second kappa shape index (κ2) is 4.35. The Balaban J connectivity index is 2.07. The number of para-hydroxylation sites is 2. The van der Waals surface area contributed by atoms with E-state index in [4.69, 9.17) is 10.7 Å². The van der Waals surface area contributed by atoms with Crippen LogP contribution in [0.2, 0.25) is 0 Å². The van der Waals surface area contributed by atoms with Gasteiger partial charge in [-0.05, 0) is 25.1 Å². The lowest BCUT2D eigenvalue weighted by molar-refractivity contribution is 1.28. The van der Waals surface area contributed by atoms with E-state index in [1.807, 2.05) is 42.5 Å². The van der Waals surface area contributed by atoms with Crippen LogP contribution in [-0.4, -0.2) is 9.97 Å². The third kappa shape index (κ3) is 1.78. The van der Waals surface area contributed by atoms with Crippen molar-refractivity contribution in [1.29, 1.82) is 0 Å². The highest BCUT2D eigenvalue weighted by atomic mass is 14.8. The number of anilines is 1. The monoisotopic (exact) mass is 273 g/mol. The van der Waals surface area contributed by atoms with Gasteiger partial charge < -0.3 is 10.7 Å². The molecule has 0 amide bonds. The lowest BCUT2D eigenvalue weighted by atomic mass is 10.0. The molecule has 0 aliphatic carbocycles. The Morgan fingerprint density at radius 3 is 2.52 bits per heavy atom. The van der Waals surface area contributed by atoms with Gasteiger partial charge in [0.05, 0.1) is 11.2 Å². The Hall–Kier alpha value is -2.81. The number of H-pyrrole nitrogens is 1. The number of nitrogens with zero attached hydrogens (tertiary/aromatic N) is 1. The van der Waals surface area contributed by atoms with Gasteiger partial charge >= 0.3 is 0 Å². The van der Waals surface area contributed by atoms with E-state index in [2.05, 4.69) is 24.0 Å². The number of nitrogens with one attached hydrogen (secondary N) is 1. The molecule has 0 unspecified atom stereocenters. The summed E-state index contributed by atoms with van der Waals surface area (Å²) in [6, 6.07) is 18.2. The number of aromatic amines is 1. The Morgan fingerprint density at radius 1 is 0.952 bits per heavy atom. The first-order valence-corrected chi connectivity index (χ1v) is 6.97. The van der Waals surface area contributed by atoms with Crippen LogP contribution in [0.5, 0.6) is 0 Å². The van der Waals surface area contributed by atoms with Gasteiger partial charge in [0.1, 0.15) is 0 Å². The molecule has 0 bridgehead atoms. The molecule has 21 heavy (non-hydrogen) atoms. The first-order chi connectivity index (χ1) is 10.2. The van der Waals surface area contributed by atoms with E-state index in [-0.39, 0.29) is 0 Å². The Bertz CT molecular complexity index is 967. The number of benzene rings is 2. The Labute approximate surface area is 122 Å². The summed E-state index contributed by atoms with van der Waals surface area (Å²) < 4.78 is 0. The second-order valence-electron chi connectivity index (χ2n) is 5.28. The smallest absolute Gasteiger partial charge is 0.0754 e. The number of hydrogen-bond donors (Lipinski definition) is 2. The average Bonchev–Trinajstić information content (AvgIpc) is 2.83. The first-order valence-electron chi connectivity index (χ1n) is 6.97. The molecular weight excluding hydrogens is 258 g/mol. The fourth-order valence-corrected chi connectivity index (χ4v) is 2.94.